The quantitative estimate of drug-likeness (QED) is 0.615. The van der Waals surface area contributed by atoms with E-state index in [4.69, 9.17) is 5.10 Å². The van der Waals surface area contributed by atoms with Gasteiger partial charge in [-0.15, -0.1) is 0 Å². The van der Waals surface area contributed by atoms with Crippen molar-refractivity contribution in [1.82, 2.24) is 19.7 Å². The molecule has 0 unspecified atom stereocenters. The fraction of sp³-hybridized carbons (Fsp3) is 0.588. The molecule has 0 radical (unpaired) electrons. The second-order valence-corrected chi connectivity index (χ2v) is 7.24. The molecule has 0 atom stereocenters. The van der Waals surface area contributed by atoms with Gasteiger partial charge in [-0.1, -0.05) is 24.6 Å². The van der Waals surface area contributed by atoms with Gasteiger partial charge in [0.2, 0.25) is 0 Å². The third-order valence-corrected chi connectivity index (χ3v) is 5.40. The van der Waals surface area contributed by atoms with Gasteiger partial charge in [0, 0.05) is 17.5 Å². The molecule has 0 bridgehead atoms. The van der Waals surface area contributed by atoms with Crippen molar-refractivity contribution in [2.24, 2.45) is 5.92 Å². The zero-order chi connectivity index (χ0) is 14.9. The van der Waals surface area contributed by atoms with E-state index < -0.39 is 0 Å². The SMILES string of the molecule is CSc1nccc(-c2cnn(C3CCCC3)c2CC2CC2)n1. The van der Waals surface area contributed by atoms with Crippen LogP contribution in [0, 0.1) is 5.92 Å². The van der Waals surface area contributed by atoms with Crippen LogP contribution in [0.1, 0.15) is 50.3 Å². The van der Waals surface area contributed by atoms with Gasteiger partial charge in [0.1, 0.15) is 0 Å². The molecule has 2 aromatic heterocycles. The summed E-state index contributed by atoms with van der Waals surface area (Å²) in [6, 6.07) is 2.62. The summed E-state index contributed by atoms with van der Waals surface area (Å²) < 4.78 is 2.32. The summed E-state index contributed by atoms with van der Waals surface area (Å²) in [6.07, 6.45) is 15.0. The van der Waals surface area contributed by atoms with Crippen LogP contribution in [0.25, 0.3) is 11.3 Å². The monoisotopic (exact) mass is 314 g/mol. The van der Waals surface area contributed by atoms with Crippen molar-refractivity contribution in [1.29, 1.82) is 0 Å². The smallest absolute Gasteiger partial charge is 0.187 e. The molecule has 0 spiro atoms. The predicted octanol–water partition coefficient (Wildman–Crippen LogP) is 4.13. The summed E-state index contributed by atoms with van der Waals surface area (Å²) in [5, 5.41) is 5.60. The van der Waals surface area contributed by atoms with E-state index in [1.54, 1.807) is 11.8 Å². The number of nitrogens with zero attached hydrogens (tertiary/aromatic N) is 4. The molecule has 2 aromatic rings. The minimum absolute atomic E-state index is 0.601. The standard InChI is InChI=1S/C17H22N4S/c1-22-17-18-9-8-15(20-17)14-11-19-21(13-4-2-3-5-13)16(14)10-12-6-7-12/h8-9,11-13H,2-7,10H2,1H3. The first-order valence-electron chi connectivity index (χ1n) is 8.29. The van der Waals surface area contributed by atoms with Gasteiger partial charge < -0.3 is 0 Å². The molecule has 2 saturated carbocycles. The van der Waals surface area contributed by atoms with Gasteiger partial charge in [0.15, 0.2) is 5.16 Å². The Morgan fingerprint density at radius 3 is 2.77 bits per heavy atom. The fourth-order valence-corrected chi connectivity index (χ4v) is 3.81. The van der Waals surface area contributed by atoms with E-state index in [0.717, 1.165) is 23.2 Å². The first kappa shape index (κ1) is 14.2. The lowest BCUT2D eigenvalue weighted by Gasteiger charge is -2.15. The summed E-state index contributed by atoms with van der Waals surface area (Å²) in [5.41, 5.74) is 3.65. The van der Waals surface area contributed by atoms with Gasteiger partial charge in [0.25, 0.3) is 0 Å². The summed E-state index contributed by atoms with van der Waals surface area (Å²) in [7, 11) is 0. The van der Waals surface area contributed by atoms with Crippen LogP contribution < -0.4 is 0 Å². The molecule has 4 nitrogen and oxygen atoms in total. The molecular formula is C17H22N4S. The maximum atomic E-state index is 4.76. The molecule has 0 saturated heterocycles. The summed E-state index contributed by atoms with van der Waals surface area (Å²) in [5.74, 6) is 0.859. The first-order chi connectivity index (χ1) is 10.8. The van der Waals surface area contributed by atoms with Crippen molar-refractivity contribution in [3.05, 3.63) is 24.2 Å². The Morgan fingerprint density at radius 1 is 1.23 bits per heavy atom. The third-order valence-electron chi connectivity index (χ3n) is 4.84. The Morgan fingerprint density at radius 2 is 2.05 bits per heavy atom. The van der Waals surface area contributed by atoms with Crippen LogP contribution >= 0.6 is 11.8 Å². The summed E-state index contributed by atoms with van der Waals surface area (Å²) >= 11 is 1.59. The maximum absolute atomic E-state index is 4.76. The second kappa shape index (κ2) is 6.03. The van der Waals surface area contributed by atoms with E-state index in [1.165, 1.54) is 49.8 Å². The number of hydrogen-bond acceptors (Lipinski definition) is 4. The van der Waals surface area contributed by atoms with E-state index >= 15 is 0 Å². The molecule has 0 aromatic carbocycles. The van der Waals surface area contributed by atoms with E-state index in [9.17, 15) is 0 Å². The molecule has 22 heavy (non-hydrogen) atoms. The minimum Gasteiger partial charge on any atom is -0.266 e. The van der Waals surface area contributed by atoms with Crippen LogP contribution in [-0.4, -0.2) is 26.0 Å². The lowest BCUT2D eigenvalue weighted by atomic mass is 10.1. The van der Waals surface area contributed by atoms with Crippen LogP contribution in [0.5, 0.6) is 0 Å². The fourth-order valence-electron chi connectivity index (χ4n) is 3.45. The first-order valence-corrected chi connectivity index (χ1v) is 9.51. The molecular weight excluding hydrogens is 292 g/mol. The van der Waals surface area contributed by atoms with Gasteiger partial charge in [-0.3, -0.25) is 4.68 Å². The summed E-state index contributed by atoms with van der Waals surface area (Å²) in [4.78, 5) is 8.98. The van der Waals surface area contributed by atoms with E-state index in [1.807, 2.05) is 24.7 Å². The lowest BCUT2D eigenvalue weighted by Crippen LogP contribution is -2.11. The Bertz CT molecular complexity index is 656. The molecule has 116 valence electrons. The van der Waals surface area contributed by atoms with Gasteiger partial charge in [0.05, 0.1) is 17.9 Å². The average Bonchev–Trinajstić information content (AvgIpc) is 3.04. The highest BCUT2D eigenvalue weighted by Crippen LogP contribution is 2.38. The zero-order valence-electron chi connectivity index (χ0n) is 13.0. The highest BCUT2D eigenvalue weighted by molar-refractivity contribution is 7.98. The molecule has 0 N–H and O–H groups in total. The molecule has 2 aliphatic carbocycles. The Labute approximate surface area is 135 Å². The van der Waals surface area contributed by atoms with E-state index in [2.05, 4.69) is 14.6 Å². The molecule has 2 aliphatic rings. The number of thioether (sulfide) groups is 1. The van der Waals surface area contributed by atoms with Crippen molar-refractivity contribution in [2.75, 3.05) is 6.26 Å². The van der Waals surface area contributed by atoms with Gasteiger partial charge >= 0.3 is 0 Å². The Kier molecular flexibility index (Phi) is 3.90. The van der Waals surface area contributed by atoms with Crippen LogP contribution in [0.2, 0.25) is 0 Å². The molecule has 0 amide bonds. The molecule has 2 heterocycles. The molecule has 0 aliphatic heterocycles. The van der Waals surface area contributed by atoms with Crippen molar-refractivity contribution in [3.8, 4) is 11.3 Å². The van der Waals surface area contributed by atoms with Crippen LogP contribution in [-0.2, 0) is 6.42 Å². The number of aromatic nitrogens is 4. The van der Waals surface area contributed by atoms with E-state index in [-0.39, 0.29) is 0 Å². The predicted molar refractivity (Wildman–Crippen MR) is 89.0 cm³/mol. The highest BCUT2D eigenvalue weighted by Gasteiger charge is 2.28. The van der Waals surface area contributed by atoms with Gasteiger partial charge in [-0.2, -0.15) is 5.10 Å². The van der Waals surface area contributed by atoms with Gasteiger partial charge in [-0.05, 0) is 50.3 Å². The minimum atomic E-state index is 0.601. The topological polar surface area (TPSA) is 43.6 Å². The van der Waals surface area contributed by atoms with Crippen molar-refractivity contribution in [2.45, 2.75) is 56.1 Å². The van der Waals surface area contributed by atoms with Crippen molar-refractivity contribution < 1.29 is 0 Å². The number of rotatable bonds is 5. The molecule has 5 heteroatoms. The van der Waals surface area contributed by atoms with Crippen LogP contribution in [0.4, 0.5) is 0 Å². The van der Waals surface area contributed by atoms with E-state index in [0.29, 0.717) is 6.04 Å². The normalized spacial score (nSPS) is 19.0. The zero-order valence-corrected chi connectivity index (χ0v) is 13.9. The Balaban J connectivity index is 1.73. The lowest BCUT2D eigenvalue weighted by molar-refractivity contribution is 0.446. The second-order valence-electron chi connectivity index (χ2n) is 6.46. The van der Waals surface area contributed by atoms with Crippen LogP contribution in [0.3, 0.4) is 0 Å². The summed E-state index contributed by atoms with van der Waals surface area (Å²) in [6.45, 7) is 0. The highest BCUT2D eigenvalue weighted by atomic mass is 32.2. The maximum Gasteiger partial charge on any atom is 0.187 e. The number of hydrogen-bond donors (Lipinski definition) is 0. The Hall–Kier alpha value is -1.36. The van der Waals surface area contributed by atoms with Crippen molar-refractivity contribution >= 4 is 11.8 Å². The third kappa shape index (κ3) is 2.78. The van der Waals surface area contributed by atoms with Crippen molar-refractivity contribution in [3.63, 3.8) is 0 Å². The van der Waals surface area contributed by atoms with Gasteiger partial charge in [-0.25, -0.2) is 9.97 Å². The van der Waals surface area contributed by atoms with Crippen LogP contribution in [0.15, 0.2) is 23.6 Å². The molecule has 2 fully saturated rings. The average molecular weight is 314 g/mol. The largest absolute Gasteiger partial charge is 0.266 e. The molecule has 4 rings (SSSR count).